The van der Waals surface area contributed by atoms with Gasteiger partial charge in [0.2, 0.25) is 9.84 Å². The van der Waals surface area contributed by atoms with Gasteiger partial charge in [0.15, 0.2) is 5.76 Å². The van der Waals surface area contributed by atoms with Crippen molar-refractivity contribution in [3.8, 4) is 0 Å². The fraction of sp³-hybridized carbons (Fsp3) is 0.545. The van der Waals surface area contributed by atoms with E-state index in [1.807, 2.05) is 6.07 Å². The van der Waals surface area contributed by atoms with Gasteiger partial charge in [-0.15, -0.1) is 0 Å². The smallest absolute Gasteiger partial charge is 0.212 e. The summed E-state index contributed by atoms with van der Waals surface area (Å²) in [6.07, 6.45) is 2.06. The molecule has 7 nitrogen and oxygen atoms in total. The second-order valence-electron chi connectivity index (χ2n) is 9.16. The maximum atomic E-state index is 13.2. The predicted octanol–water partition coefficient (Wildman–Crippen LogP) is 4.20. The monoisotopic (exact) mass is 431 g/mol. The lowest BCUT2D eigenvalue weighted by molar-refractivity contribution is 0.0611. The van der Waals surface area contributed by atoms with Crippen LogP contribution < -0.4 is 0 Å². The summed E-state index contributed by atoms with van der Waals surface area (Å²) < 4.78 is 39.3. The van der Waals surface area contributed by atoms with Crippen LogP contribution in [0.25, 0.3) is 11.0 Å². The Morgan fingerprint density at radius 3 is 2.47 bits per heavy atom. The number of rotatable bonds is 4. The van der Waals surface area contributed by atoms with E-state index in [4.69, 9.17) is 14.2 Å². The first-order chi connectivity index (χ1) is 14.1. The topological polar surface area (TPSA) is 87.2 Å². The number of imidazole rings is 1. The Bertz CT molecular complexity index is 1160. The highest BCUT2D eigenvalue weighted by Gasteiger charge is 2.29. The molecule has 8 heteroatoms. The minimum atomic E-state index is -3.74. The zero-order valence-corrected chi connectivity index (χ0v) is 19.0. The molecule has 1 aromatic carbocycles. The van der Waals surface area contributed by atoms with Crippen molar-refractivity contribution >= 4 is 20.9 Å². The van der Waals surface area contributed by atoms with Crippen molar-refractivity contribution in [1.29, 1.82) is 0 Å². The molecule has 3 aromatic rings. The lowest BCUT2D eigenvalue weighted by Gasteiger charge is -2.26. The molecular formula is C22H29N3O4S. The van der Waals surface area contributed by atoms with Crippen molar-refractivity contribution < 1.29 is 17.7 Å². The molecule has 0 amide bonds. The van der Waals surface area contributed by atoms with Crippen LogP contribution in [0.3, 0.4) is 0 Å². The quantitative estimate of drug-likeness (QED) is 0.615. The molecule has 30 heavy (non-hydrogen) atoms. The van der Waals surface area contributed by atoms with Gasteiger partial charge in [-0.05, 0) is 50.8 Å². The molecule has 0 unspecified atom stereocenters. The van der Waals surface area contributed by atoms with Crippen molar-refractivity contribution in [2.45, 2.75) is 69.2 Å². The van der Waals surface area contributed by atoms with Crippen molar-refractivity contribution in [2.75, 3.05) is 13.2 Å². The molecule has 0 saturated carbocycles. The number of nitrogens with zero attached hydrogens (tertiary/aromatic N) is 3. The molecule has 1 aliphatic heterocycles. The third-order valence-corrected chi connectivity index (χ3v) is 7.71. The number of ether oxygens (including phenoxy) is 1. The van der Waals surface area contributed by atoms with Gasteiger partial charge in [-0.3, -0.25) is 0 Å². The van der Waals surface area contributed by atoms with Crippen molar-refractivity contribution in [1.82, 2.24) is 14.7 Å². The van der Waals surface area contributed by atoms with Crippen LogP contribution in [0, 0.1) is 19.8 Å². The van der Waals surface area contributed by atoms with E-state index in [2.05, 4.69) is 30.5 Å². The predicted molar refractivity (Wildman–Crippen MR) is 113 cm³/mol. The van der Waals surface area contributed by atoms with E-state index >= 15 is 0 Å². The van der Waals surface area contributed by atoms with Crippen LogP contribution in [0.15, 0.2) is 32.5 Å². The standard InChI is InChI=1S/C22H29N3O4S/c1-14-20(15(2)29-24-14)30(26,27)17-6-7-19-18(12-17)23-21(22(3,4)5)25(19)13-16-8-10-28-11-9-16/h6-7,12,16H,8-11,13H2,1-5H3. The van der Waals surface area contributed by atoms with Crippen molar-refractivity contribution in [3.63, 3.8) is 0 Å². The van der Waals surface area contributed by atoms with Crippen LogP contribution in [0.5, 0.6) is 0 Å². The second kappa shape index (κ2) is 7.50. The second-order valence-corrected chi connectivity index (χ2v) is 11.0. The number of sulfone groups is 1. The van der Waals surface area contributed by atoms with Crippen LogP contribution in [-0.4, -0.2) is 36.3 Å². The van der Waals surface area contributed by atoms with E-state index in [0.29, 0.717) is 22.9 Å². The molecule has 0 atom stereocenters. The summed E-state index contributed by atoms with van der Waals surface area (Å²) in [5.41, 5.74) is 1.86. The lowest BCUT2D eigenvalue weighted by Crippen LogP contribution is -2.25. The first-order valence-corrected chi connectivity index (χ1v) is 11.8. The summed E-state index contributed by atoms with van der Waals surface area (Å²) in [5.74, 6) is 1.80. The Hall–Kier alpha value is -2.19. The van der Waals surface area contributed by atoms with Gasteiger partial charge in [-0.2, -0.15) is 0 Å². The SMILES string of the molecule is Cc1noc(C)c1S(=O)(=O)c1ccc2c(c1)nc(C(C)(C)C)n2CC1CCOCC1. The van der Waals surface area contributed by atoms with Crippen molar-refractivity contribution in [3.05, 3.63) is 35.5 Å². The Kier molecular flexibility index (Phi) is 5.26. The first-order valence-electron chi connectivity index (χ1n) is 10.4. The minimum Gasteiger partial charge on any atom is -0.381 e. The average molecular weight is 432 g/mol. The molecule has 1 aliphatic rings. The normalized spacial score (nSPS) is 16.4. The molecule has 0 aliphatic carbocycles. The summed E-state index contributed by atoms with van der Waals surface area (Å²) in [4.78, 5) is 5.23. The van der Waals surface area contributed by atoms with Crippen LogP contribution in [0.2, 0.25) is 0 Å². The Labute approximate surface area is 177 Å². The largest absolute Gasteiger partial charge is 0.381 e. The minimum absolute atomic E-state index is 0.138. The molecule has 1 saturated heterocycles. The lowest BCUT2D eigenvalue weighted by atomic mass is 9.94. The molecule has 3 heterocycles. The summed E-state index contributed by atoms with van der Waals surface area (Å²) >= 11 is 0. The molecule has 2 aromatic heterocycles. The Balaban J connectivity index is 1.82. The van der Waals surface area contributed by atoms with E-state index < -0.39 is 9.84 Å². The van der Waals surface area contributed by atoms with Crippen molar-refractivity contribution in [2.24, 2.45) is 5.92 Å². The highest BCUT2D eigenvalue weighted by atomic mass is 32.2. The third kappa shape index (κ3) is 3.67. The highest BCUT2D eigenvalue weighted by Crippen LogP contribution is 2.32. The summed E-state index contributed by atoms with van der Waals surface area (Å²) in [6, 6.07) is 5.21. The van der Waals surface area contributed by atoms with E-state index in [1.165, 1.54) is 0 Å². The molecule has 0 N–H and O–H groups in total. The summed E-state index contributed by atoms with van der Waals surface area (Å²) in [5, 5.41) is 3.80. The van der Waals surface area contributed by atoms with E-state index in [9.17, 15) is 8.42 Å². The van der Waals surface area contributed by atoms with Gasteiger partial charge >= 0.3 is 0 Å². The van der Waals surface area contributed by atoms with Gasteiger partial charge in [0, 0.05) is 25.2 Å². The first kappa shape index (κ1) is 21.1. The van der Waals surface area contributed by atoms with E-state index in [-0.39, 0.29) is 15.2 Å². The van der Waals surface area contributed by atoms with Gasteiger partial charge in [-0.25, -0.2) is 13.4 Å². The van der Waals surface area contributed by atoms with Gasteiger partial charge in [0.25, 0.3) is 0 Å². The van der Waals surface area contributed by atoms with Crippen LogP contribution in [0.1, 0.15) is 50.9 Å². The summed E-state index contributed by atoms with van der Waals surface area (Å²) in [7, 11) is -3.74. The van der Waals surface area contributed by atoms with Crippen LogP contribution >= 0.6 is 0 Å². The molecule has 0 bridgehead atoms. The zero-order chi connectivity index (χ0) is 21.7. The fourth-order valence-corrected chi connectivity index (χ4v) is 5.79. The average Bonchev–Trinajstić information content (AvgIpc) is 3.22. The maximum Gasteiger partial charge on any atom is 0.212 e. The molecule has 4 rings (SSSR count). The van der Waals surface area contributed by atoms with Gasteiger partial charge in [-0.1, -0.05) is 25.9 Å². The fourth-order valence-electron chi connectivity index (χ4n) is 4.20. The number of hydrogen-bond acceptors (Lipinski definition) is 6. The zero-order valence-electron chi connectivity index (χ0n) is 18.2. The molecule has 1 fully saturated rings. The molecular weight excluding hydrogens is 402 g/mol. The number of benzene rings is 1. The Morgan fingerprint density at radius 1 is 1.17 bits per heavy atom. The summed E-state index contributed by atoms with van der Waals surface area (Å²) in [6.45, 7) is 12.1. The molecule has 162 valence electrons. The number of fused-ring (bicyclic) bond motifs is 1. The van der Waals surface area contributed by atoms with E-state index in [1.54, 1.807) is 26.0 Å². The number of hydrogen-bond donors (Lipinski definition) is 0. The van der Waals surface area contributed by atoms with Gasteiger partial charge < -0.3 is 13.8 Å². The molecule has 0 spiro atoms. The Morgan fingerprint density at radius 2 is 1.87 bits per heavy atom. The van der Waals surface area contributed by atoms with Gasteiger partial charge in [0.05, 0.1) is 21.6 Å². The van der Waals surface area contributed by atoms with E-state index in [0.717, 1.165) is 43.9 Å². The van der Waals surface area contributed by atoms with Crippen LogP contribution in [0.4, 0.5) is 0 Å². The third-order valence-electron chi connectivity index (χ3n) is 5.72. The van der Waals surface area contributed by atoms with Crippen LogP contribution in [-0.2, 0) is 26.5 Å². The number of aryl methyl sites for hydroxylation is 2. The van der Waals surface area contributed by atoms with Gasteiger partial charge in [0.1, 0.15) is 10.7 Å². The molecule has 0 radical (unpaired) electrons. The number of aromatic nitrogens is 3. The highest BCUT2D eigenvalue weighted by molar-refractivity contribution is 7.91. The maximum absolute atomic E-state index is 13.2.